The fourth-order valence-corrected chi connectivity index (χ4v) is 3.73. The number of hydrogen-bond acceptors (Lipinski definition) is 2. The van der Waals surface area contributed by atoms with Crippen molar-refractivity contribution in [1.82, 2.24) is 5.32 Å². The third-order valence-electron chi connectivity index (χ3n) is 3.61. The summed E-state index contributed by atoms with van der Waals surface area (Å²) in [7, 11) is 0. The zero-order valence-corrected chi connectivity index (χ0v) is 12.2. The molecule has 1 nitrogen and oxygen atoms in total. The van der Waals surface area contributed by atoms with Gasteiger partial charge in [-0.2, -0.15) is 0 Å². The standard InChI is InChI=1S/C13H20BrNS/c1-10(12-5-3-2-4-6-12)15-8-11-7-13(14)16-9-11/h7,9-10,12,15H,2-6,8H2,1H3/t10-/m0/s1. The molecule has 2 rings (SSSR count). The van der Waals surface area contributed by atoms with Crippen molar-refractivity contribution in [2.75, 3.05) is 0 Å². The molecule has 1 fully saturated rings. The molecule has 0 radical (unpaired) electrons. The van der Waals surface area contributed by atoms with E-state index in [2.05, 4.69) is 39.6 Å². The lowest BCUT2D eigenvalue weighted by molar-refractivity contribution is 0.280. The Bertz CT molecular complexity index is 317. The minimum atomic E-state index is 0.666. The van der Waals surface area contributed by atoms with Gasteiger partial charge < -0.3 is 5.32 Å². The van der Waals surface area contributed by atoms with Gasteiger partial charge in [-0.25, -0.2) is 0 Å². The van der Waals surface area contributed by atoms with Crippen LogP contribution in [0, 0.1) is 5.92 Å². The van der Waals surface area contributed by atoms with Crippen LogP contribution in [0.1, 0.15) is 44.6 Å². The van der Waals surface area contributed by atoms with Crippen molar-refractivity contribution in [3.05, 3.63) is 20.8 Å². The van der Waals surface area contributed by atoms with E-state index in [1.807, 2.05) is 0 Å². The predicted octanol–water partition coefficient (Wildman–Crippen LogP) is 4.57. The van der Waals surface area contributed by atoms with Crippen LogP contribution >= 0.6 is 27.3 Å². The van der Waals surface area contributed by atoms with Crippen molar-refractivity contribution in [2.45, 2.75) is 51.6 Å². The third-order valence-corrected chi connectivity index (χ3v) is 5.16. The van der Waals surface area contributed by atoms with Crippen LogP contribution in [0.15, 0.2) is 15.2 Å². The third kappa shape index (κ3) is 3.57. The van der Waals surface area contributed by atoms with E-state index in [0.29, 0.717) is 6.04 Å². The molecule has 16 heavy (non-hydrogen) atoms. The average molecular weight is 302 g/mol. The van der Waals surface area contributed by atoms with Crippen LogP contribution in [0.5, 0.6) is 0 Å². The molecule has 1 aromatic rings. The molecule has 0 spiro atoms. The lowest BCUT2D eigenvalue weighted by Crippen LogP contribution is -2.34. The van der Waals surface area contributed by atoms with Gasteiger partial charge in [-0.1, -0.05) is 19.3 Å². The van der Waals surface area contributed by atoms with Gasteiger partial charge in [0, 0.05) is 12.6 Å². The monoisotopic (exact) mass is 301 g/mol. The predicted molar refractivity (Wildman–Crippen MR) is 74.9 cm³/mol. The van der Waals surface area contributed by atoms with Gasteiger partial charge in [-0.3, -0.25) is 0 Å². The molecule has 3 heteroatoms. The van der Waals surface area contributed by atoms with Gasteiger partial charge in [0.05, 0.1) is 3.79 Å². The van der Waals surface area contributed by atoms with E-state index >= 15 is 0 Å². The number of rotatable bonds is 4. The van der Waals surface area contributed by atoms with Gasteiger partial charge >= 0.3 is 0 Å². The van der Waals surface area contributed by atoms with E-state index in [0.717, 1.165) is 12.5 Å². The van der Waals surface area contributed by atoms with Crippen LogP contribution in [-0.4, -0.2) is 6.04 Å². The normalized spacial score (nSPS) is 19.9. The molecule has 0 amide bonds. The number of thiophene rings is 1. The van der Waals surface area contributed by atoms with E-state index < -0.39 is 0 Å². The molecule has 1 aliphatic rings. The summed E-state index contributed by atoms with van der Waals surface area (Å²) in [6.45, 7) is 3.36. The van der Waals surface area contributed by atoms with E-state index in [-0.39, 0.29) is 0 Å². The summed E-state index contributed by atoms with van der Waals surface area (Å²) in [4.78, 5) is 0. The molecule has 1 heterocycles. The van der Waals surface area contributed by atoms with Gasteiger partial charge in [0.25, 0.3) is 0 Å². The Morgan fingerprint density at radius 2 is 2.19 bits per heavy atom. The first-order valence-corrected chi connectivity index (χ1v) is 7.89. The highest BCUT2D eigenvalue weighted by Crippen LogP contribution is 2.27. The Hall–Kier alpha value is 0.140. The van der Waals surface area contributed by atoms with E-state index in [9.17, 15) is 0 Å². The SMILES string of the molecule is C[C@H](NCc1csc(Br)c1)C1CCCCC1. The zero-order chi connectivity index (χ0) is 11.4. The second-order valence-corrected chi connectivity index (χ2v) is 7.12. The molecule has 1 N–H and O–H groups in total. The first-order valence-electron chi connectivity index (χ1n) is 6.22. The topological polar surface area (TPSA) is 12.0 Å². The summed E-state index contributed by atoms with van der Waals surface area (Å²) in [6, 6.07) is 2.88. The Kier molecular flexibility index (Phi) is 4.86. The highest BCUT2D eigenvalue weighted by Gasteiger charge is 2.19. The van der Waals surface area contributed by atoms with Crippen molar-refractivity contribution in [3.63, 3.8) is 0 Å². The summed E-state index contributed by atoms with van der Waals surface area (Å²) in [5.74, 6) is 0.899. The minimum absolute atomic E-state index is 0.666. The van der Waals surface area contributed by atoms with Gasteiger partial charge in [0.2, 0.25) is 0 Å². The second kappa shape index (κ2) is 6.18. The molecule has 0 saturated heterocycles. The van der Waals surface area contributed by atoms with Crippen molar-refractivity contribution < 1.29 is 0 Å². The summed E-state index contributed by atoms with van der Waals surface area (Å²) in [6.07, 6.45) is 7.14. The highest BCUT2D eigenvalue weighted by molar-refractivity contribution is 9.11. The van der Waals surface area contributed by atoms with Crippen LogP contribution in [0.3, 0.4) is 0 Å². The summed E-state index contributed by atoms with van der Waals surface area (Å²) in [5.41, 5.74) is 1.40. The molecule has 0 aliphatic heterocycles. The molecule has 1 saturated carbocycles. The average Bonchev–Trinajstić information content (AvgIpc) is 2.73. The maximum atomic E-state index is 3.67. The number of halogens is 1. The van der Waals surface area contributed by atoms with Crippen LogP contribution in [0.25, 0.3) is 0 Å². The zero-order valence-electron chi connectivity index (χ0n) is 9.84. The number of hydrogen-bond donors (Lipinski definition) is 1. The Balaban J connectivity index is 1.76. The Morgan fingerprint density at radius 1 is 1.44 bits per heavy atom. The van der Waals surface area contributed by atoms with Crippen LogP contribution < -0.4 is 5.32 Å². The summed E-state index contributed by atoms with van der Waals surface area (Å²) < 4.78 is 1.23. The minimum Gasteiger partial charge on any atom is -0.310 e. The van der Waals surface area contributed by atoms with Crippen molar-refractivity contribution in [3.8, 4) is 0 Å². The van der Waals surface area contributed by atoms with Gasteiger partial charge in [-0.05, 0) is 58.6 Å². The molecular weight excluding hydrogens is 282 g/mol. The van der Waals surface area contributed by atoms with Crippen LogP contribution in [-0.2, 0) is 6.54 Å². The van der Waals surface area contributed by atoms with Crippen LogP contribution in [0.4, 0.5) is 0 Å². The Labute approximate surface area is 111 Å². The van der Waals surface area contributed by atoms with Crippen molar-refractivity contribution >= 4 is 27.3 Å². The summed E-state index contributed by atoms with van der Waals surface area (Å²) in [5, 5.41) is 5.89. The molecule has 1 aromatic heterocycles. The van der Waals surface area contributed by atoms with E-state index in [4.69, 9.17) is 0 Å². The quantitative estimate of drug-likeness (QED) is 0.859. The van der Waals surface area contributed by atoms with Gasteiger partial charge in [0.15, 0.2) is 0 Å². The lowest BCUT2D eigenvalue weighted by Gasteiger charge is -2.28. The fraction of sp³-hybridized carbons (Fsp3) is 0.692. The van der Waals surface area contributed by atoms with Crippen molar-refractivity contribution in [2.24, 2.45) is 5.92 Å². The first kappa shape index (κ1) is 12.6. The molecule has 0 bridgehead atoms. The highest BCUT2D eigenvalue weighted by atomic mass is 79.9. The largest absolute Gasteiger partial charge is 0.310 e. The maximum absolute atomic E-state index is 3.67. The molecule has 90 valence electrons. The molecule has 0 aromatic carbocycles. The van der Waals surface area contributed by atoms with E-state index in [1.165, 1.54) is 41.5 Å². The van der Waals surface area contributed by atoms with Crippen molar-refractivity contribution in [1.29, 1.82) is 0 Å². The maximum Gasteiger partial charge on any atom is 0.0701 e. The molecule has 1 aliphatic carbocycles. The fourth-order valence-electron chi connectivity index (χ4n) is 2.52. The van der Waals surface area contributed by atoms with Gasteiger partial charge in [-0.15, -0.1) is 11.3 Å². The Morgan fingerprint density at radius 3 is 2.81 bits per heavy atom. The van der Waals surface area contributed by atoms with Crippen LogP contribution in [0.2, 0.25) is 0 Å². The van der Waals surface area contributed by atoms with Gasteiger partial charge in [0.1, 0.15) is 0 Å². The summed E-state index contributed by atoms with van der Waals surface area (Å²) >= 11 is 5.27. The molecule has 1 atom stereocenters. The number of nitrogens with one attached hydrogen (secondary N) is 1. The second-order valence-electron chi connectivity index (χ2n) is 4.83. The van der Waals surface area contributed by atoms with E-state index in [1.54, 1.807) is 11.3 Å². The molecular formula is C13H20BrNS. The first-order chi connectivity index (χ1) is 7.75. The lowest BCUT2D eigenvalue weighted by atomic mass is 9.84. The smallest absolute Gasteiger partial charge is 0.0701 e. The molecule has 0 unspecified atom stereocenters.